The van der Waals surface area contributed by atoms with Gasteiger partial charge in [0.15, 0.2) is 0 Å². The lowest BCUT2D eigenvalue weighted by Crippen LogP contribution is -1.87. The molecule has 0 heterocycles. The highest BCUT2D eigenvalue weighted by Gasteiger charge is 1.98. The SMILES string of the molecule is CC.CC.CC.CCCCCCC1=CC=CCC1. The summed E-state index contributed by atoms with van der Waals surface area (Å²) in [7, 11) is 0. The smallest absolute Gasteiger partial charge is 0.0282 e. The molecule has 1 aliphatic carbocycles. The molecule has 1 aliphatic rings. The standard InChI is InChI=1S/C12H20.3C2H6/c1-2-3-4-6-9-12-10-7-5-8-11-12;3*1-2/h5,7,10H,2-4,6,8-9,11H2,1H3;3*1-2H3. The van der Waals surface area contributed by atoms with Gasteiger partial charge in [0.1, 0.15) is 0 Å². The Hall–Kier alpha value is -0.520. The summed E-state index contributed by atoms with van der Waals surface area (Å²) in [5.41, 5.74) is 1.66. The molecule has 0 aromatic carbocycles. The highest BCUT2D eigenvalue weighted by atomic mass is 14.0. The lowest BCUT2D eigenvalue weighted by atomic mass is 9.99. The van der Waals surface area contributed by atoms with Crippen LogP contribution in [-0.4, -0.2) is 0 Å². The Balaban J connectivity index is -0.000000328. The van der Waals surface area contributed by atoms with E-state index in [0.717, 1.165) is 0 Å². The van der Waals surface area contributed by atoms with Crippen molar-refractivity contribution in [3.63, 3.8) is 0 Å². The summed E-state index contributed by atoms with van der Waals surface area (Å²) in [6.45, 7) is 14.3. The van der Waals surface area contributed by atoms with Crippen LogP contribution in [0, 0.1) is 0 Å². The first-order valence-electron chi connectivity index (χ1n) is 8.28. The zero-order chi connectivity index (χ0) is 14.6. The Bertz CT molecular complexity index is 163. The first-order valence-corrected chi connectivity index (χ1v) is 8.28. The van der Waals surface area contributed by atoms with Crippen LogP contribution >= 0.6 is 0 Å². The van der Waals surface area contributed by atoms with Crippen LogP contribution in [0.5, 0.6) is 0 Å². The third-order valence-corrected chi connectivity index (χ3v) is 2.45. The van der Waals surface area contributed by atoms with E-state index in [0.29, 0.717) is 0 Å². The fraction of sp³-hybridized carbons (Fsp3) is 0.778. The Morgan fingerprint density at radius 3 is 1.94 bits per heavy atom. The Morgan fingerprint density at radius 2 is 1.50 bits per heavy atom. The van der Waals surface area contributed by atoms with Crippen LogP contribution in [0.4, 0.5) is 0 Å². The van der Waals surface area contributed by atoms with Gasteiger partial charge in [-0.25, -0.2) is 0 Å². The van der Waals surface area contributed by atoms with Crippen LogP contribution in [-0.2, 0) is 0 Å². The maximum Gasteiger partial charge on any atom is -0.0282 e. The zero-order valence-corrected chi connectivity index (χ0v) is 14.2. The van der Waals surface area contributed by atoms with Crippen molar-refractivity contribution in [3.8, 4) is 0 Å². The van der Waals surface area contributed by atoms with Crippen LogP contribution in [0.2, 0.25) is 0 Å². The number of hydrogen-bond acceptors (Lipinski definition) is 0. The molecule has 0 amide bonds. The monoisotopic (exact) mass is 254 g/mol. The van der Waals surface area contributed by atoms with Crippen molar-refractivity contribution >= 4 is 0 Å². The minimum Gasteiger partial charge on any atom is -0.0842 e. The molecule has 0 aromatic rings. The molecule has 0 unspecified atom stereocenters. The van der Waals surface area contributed by atoms with Crippen LogP contribution < -0.4 is 0 Å². The van der Waals surface area contributed by atoms with Gasteiger partial charge in [-0.15, -0.1) is 0 Å². The van der Waals surface area contributed by atoms with Crippen LogP contribution in [0.3, 0.4) is 0 Å². The van der Waals surface area contributed by atoms with Crippen molar-refractivity contribution in [2.45, 2.75) is 93.4 Å². The molecule has 0 bridgehead atoms. The maximum absolute atomic E-state index is 2.30. The molecule has 0 nitrogen and oxygen atoms in total. The van der Waals surface area contributed by atoms with Crippen molar-refractivity contribution < 1.29 is 0 Å². The molecule has 18 heavy (non-hydrogen) atoms. The van der Waals surface area contributed by atoms with Gasteiger partial charge in [-0.05, 0) is 25.7 Å². The molecular formula is C18H38. The van der Waals surface area contributed by atoms with E-state index in [9.17, 15) is 0 Å². The summed E-state index contributed by atoms with van der Waals surface area (Å²) in [5.74, 6) is 0. The second-order valence-electron chi connectivity index (χ2n) is 3.60. The highest BCUT2D eigenvalue weighted by molar-refractivity contribution is 5.17. The second-order valence-corrected chi connectivity index (χ2v) is 3.60. The molecule has 0 heteroatoms. The van der Waals surface area contributed by atoms with E-state index in [1.54, 1.807) is 5.57 Å². The van der Waals surface area contributed by atoms with Crippen molar-refractivity contribution in [1.29, 1.82) is 0 Å². The number of unbranched alkanes of at least 4 members (excludes halogenated alkanes) is 3. The van der Waals surface area contributed by atoms with E-state index in [-0.39, 0.29) is 0 Å². The lowest BCUT2D eigenvalue weighted by Gasteiger charge is -2.07. The normalized spacial score (nSPS) is 11.8. The van der Waals surface area contributed by atoms with Gasteiger partial charge in [-0.2, -0.15) is 0 Å². The quantitative estimate of drug-likeness (QED) is 0.451. The third-order valence-electron chi connectivity index (χ3n) is 2.45. The largest absolute Gasteiger partial charge is 0.0842 e. The summed E-state index contributed by atoms with van der Waals surface area (Å²) in [5, 5.41) is 0. The Labute approximate surface area is 118 Å². The van der Waals surface area contributed by atoms with Crippen molar-refractivity contribution in [1.82, 2.24) is 0 Å². The minimum atomic E-state index is 1.26. The first kappa shape index (κ1) is 22.6. The topological polar surface area (TPSA) is 0 Å². The average molecular weight is 255 g/mol. The second kappa shape index (κ2) is 25.4. The predicted octanol–water partition coefficient (Wildman–Crippen LogP) is 7.31. The number of rotatable bonds is 5. The fourth-order valence-corrected chi connectivity index (χ4v) is 1.64. The average Bonchev–Trinajstić information content (AvgIpc) is 2.51. The summed E-state index contributed by atoms with van der Waals surface area (Å²) in [6.07, 6.45) is 16.2. The Kier molecular flexibility index (Phi) is 31.9. The summed E-state index contributed by atoms with van der Waals surface area (Å²) < 4.78 is 0. The van der Waals surface area contributed by atoms with E-state index >= 15 is 0 Å². The summed E-state index contributed by atoms with van der Waals surface area (Å²) in [6, 6.07) is 0. The molecular weight excluding hydrogens is 216 g/mol. The van der Waals surface area contributed by atoms with Crippen molar-refractivity contribution in [3.05, 3.63) is 23.8 Å². The van der Waals surface area contributed by atoms with E-state index in [2.05, 4.69) is 25.2 Å². The molecule has 0 radical (unpaired) electrons. The van der Waals surface area contributed by atoms with Crippen LogP contribution in [0.1, 0.15) is 93.4 Å². The molecule has 0 spiro atoms. The third kappa shape index (κ3) is 17.9. The molecule has 0 saturated carbocycles. The van der Waals surface area contributed by atoms with Gasteiger partial charge in [-0.1, -0.05) is 91.5 Å². The first-order chi connectivity index (χ1) is 8.93. The van der Waals surface area contributed by atoms with E-state index in [4.69, 9.17) is 0 Å². The summed E-state index contributed by atoms with van der Waals surface area (Å²) >= 11 is 0. The van der Waals surface area contributed by atoms with E-state index in [1.807, 2.05) is 41.5 Å². The van der Waals surface area contributed by atoms with Crippen molar-refractivity contribution in [2.75, 3.05) is 0 Å². The van der Waals surface area contributed by atoms with Crippen LogP contribution in [0.25, 0.3) is 0 Å². The van der Waals surface area contributed by atoms with Crippen LogP contribution in [0.15, 0.2) is 23.8 Å². The molecule has 0 fully saturated rings. The van der Waals surface area contributed by atoms with Gasteiger partial charge in [0.25, 0.3) is 0 Å². The predicted molar refractivity (Wildman–Crippen MR) is 89.3 cm³/mol. The van der Waals surface area contributed by atoms with Gasteiger partial charge < -0.3 is 0 Å². The molecule has 0 saturated heterocycles. The van der Waals surface area contributed by atoms with Gasteiger partial charge in [0.05, 0.1) is 0 Å². The molecule has 1 rings (SSSR count). The summed E-state index contributed by atoms with van der Waals surface area (Å²) in [4.78, 5) is 0. The molecule has 0 atom stereocenters. The van der Waals surface area contributed by atoms with Crippen molar-refractivity contribution in [2.24, 2.45) is 0 Å². The molecule has 0 N–H and O–H groups in total. The zero-order valence-electron chi connectivity index (χ0n) is 14.2. The van der Waals surface area contributed by atoms with E-state index < -0.39 is 0 Å². The maximum atomic E-state index is 2.30. The van der Waals surface area contributed by atoms with Gasteiger partial charge >= 0.3 is 0 Å². The number of allylic oxidation sites excluding steroid dienone is 4. The molecule has 0 aliphatic heterocycles. The van der Waals surface area contributed by atoms with Gasteiger partial charge in [0.2, 0.25) is 0 Å². The van der Waals surface area contributed by atoms with Gasteiger partial charge in [0, 0.05) is 0 Å². The fourth-order valence-electron chi connectivity index (χ4n) is 1.64. The van der Waals surface area contributed by atoms with E-state index in [1.165, 1.54) is 44.9 Å². The number of hydrogen-bond donors (Lipinski definition) is 0. The highest BCUT2D eigenvalue weighted by Crippen LogP contribution is 2.18. The Morgan fingerprint density at radius 1 is 0.889 bits per heavy atom. The molecule has 0 aromatic heterocycles. The minimum absolute atomic E-state index is 1.26. The lowest BCUT2D eigenvalue weighted by molar-refractivity contribution is 0.653. The van der Waals surface area contributed by atoms with Gasteiger partial charge in [-0.3, -0.25) is 0 Å². The molecule has 110 valence electrons.